The van der Waals surface area contributed by atoms with Crippen LogP contribution in [0.4, 0.5) is 0 Å². The lowest BCUT2D eigenvalue weighted by atomic mass is 10.0. The van der Waals surface area contributed by atoms with Crippen LogP contribution >= 0.6 is 11.6 Å². The van der Waals surface area contributed by atoms with Crippen LogP contribution < -0.4 is 5.73 Å². The lowest BCUT2D eigenvalue weighted by Crippen LogP contribution is -2.19. The first kappa shape index (κ1) is 13.1. The average molecular weight is 264 g/mol. The minimum atomic E-state index is -0.117. The molecule has 0 aliphatic rings. The number of hydrogen-bond donors (Lipinski definition) is 1. The Balaban J connectivity index is 2.18. The normalized spacial score (nSPS) is 12.6. The van der Waals surface area contributed by atoms with Gasteiger partial charge in [-0.2, -0.15) is 5.10 Å². The zero-order chi connectivity index (χ0) is 13.0. The summed E-state index contributed by atoms with van der Waals surface area (Å²) in [6.45, 7) is 2.96. The van der Waals surface area contributed by atoms with E-state index in [1.807, 2.05) is 22.9 Å². The van der Waals surface area contributed by atoms with E-state index in [0.717, 1.165) is 25.1 Å². The van der Waals surface area contributed by atoms with Gasteiger partial charge in [-0.3, -0.25) is 4.68 Å². The molecule has 2 N–H and O–H groups in total. The van der Waals surface area contributed by atoms with Gasteiger partial charge in [0.2, 0.25) is 0 Å². The molecule has 3 nitrogen and oxygen atoms in total. The van der Waals surface area contributed by atoms with Gasteiger partial charge in [0.15, 0.2) is 0 Å². The van der Waals surface area contributed by atoms with E-state index in [4.69, 9.17) is 17.3 Å². The lowest BCUT2D eigenvalue weighted by Gasteiger charge is -2.14. The lowest BCUT2D eigenvalue weighted by molar-refractivity contribution is 0.538. The van der Waals surface area contributed by atoms with Crippen LogP contribution in [0.2, 0.25) is 5.02 Å². The predicted octanol–water partition coefficient (Wildman–Crippen LogP) is 3.19. The first-order valence-corrected chi connectivity index (χ1v) is 6.61. The molecule has 0 spiro atoms. The van der Waals surface area contributed by atoms with Crippen molar-refractivity contribution >= 4 is 11.6 Å². The van der Waals surface area contributed by atoms with Crippen LogP contribution in [-0.4, -0.2) is 9.78 Å². The number of halogens is 1. The van der Waals surface area contributed by atoms with Gasteiger partial charge in [-0.15, -0.1) is 0 Å². The number of hydrogen-bond acceptors (Lipinski definition) is 2. The Morgan fingerprint density at radius 1 is 1.33 bits per heavy atom. The monoisotopic (exact) mass is 263 g/mol. The largest absolute Gasteiger partial charge is 0.322 e. The fourth-order valence-corrected chi connectivity index (χ4v) is 2.38. The summed E-state index contributed by atoms with van der Waals surface area (Å²) in [7, 11) is 0. The zero-order valence-corrected chi connectivity index (χ0v) is 11.3. The Hall–Kier alpha value is -1.32. The third-order valence-electron chi connectivity index (χ3n) is 2.92. The summed E-state index contributed by atoms with van der Waals surface area (Å²) in [6, 6.07) is 10.1. The Morgan fingerprint density at radius 2 is 2.06 bits per heavy atom. The maximum absolute atomic E-state index is 6.26. The van der Waals surface area contributed by atoms with Crippen molar-refractivity contribution in [2.45, 2.75) is 32.4 Å². The van der Waals surface area contributed by atoms with E-state index in [2.05, 4.69) is 24.2 Å². The molecule has 0 aliphatic carbocycles. The van der Waals surface area contributed by atoms with Gasteiger partial charge in [0, 0.05) is 6.54 Å². The molecule has 1 unspecified atom stereocenters. The molecule has 2 rings (SSSR count). The van der Waals surface area contributed by atoms with Crippen LogP contribution in [0.3, 0.4) is 0 Å². The van der Waals surface area contributed by atoms with Crippen LogP contribution in [0.1, 0.15) is 30.6 Å². The molecule has 1 atom stereocenters. The minimum absolute atomic E-state index is 0.117. The second-order valence-corrected chi connectivity index (χ2v) is 4.80. The van der Waals surface area contributed by atoms with Gasteiger partial charge in [0.1, 0.15) is 0 Å². The van der Waals surface area contributed by atoms with Crippen molar-refractivity contribution in [1.82, 2.24) is 9.78 Å². The second-order valence-electron chi connectivity index (χ2n) is 4.40. The predicted molar refractivity (Wildman–Crippen MR) is 74.6 cm³/mol. The van der Waals surface area contributed by atoms with Crippen LogP contribution in [0.15, 0.2) is 36.5 Å². The van der Waals surface area contributed by atoms with Crippen molar-refractivity contribution in [3.05, 3.63) is 52.8 Å². The number of aromatic nitrogens is 2. The van der Waals surface area contributed by atoms with E-state index in [-0.39, 0.29) is 6.04 Å². The van der Waals surface area contributed by atoms with Gasteiger partial charge in [-0.05, 0) is 18.4 Å². The van der Waals surface area contributed by atoms with Crippen molar-refractivity contribution in [1.29, 1.82) is 0 Å². The van der Waals surface area contributed by atoms with Gasteiger partial charge in [-0.1, -0.05) is 48.9 Å². The summed E-state index contributed by atoms with van der Waals surface area (Å²) in [6.07, 6.45) is 3.47. The molecular weight excluding hydrogens is 246 g/mol. The van der Waals surface area contributed by atoms with Gasteiger partial charge in [0.25, 0.3) is 0 Å². The first-order valence-electron chi connectivity index (χ1n) is 6.23. The van der Waals surface area contributed by atoms with Crippen LogP contribution in [0, 0.1) is 0 Å². The van der Waals surface area contributed by atoms with Crippen molar-refractivity contribution in [2.75, 3.05) is 0 Å². The van der Waals surface area contributed by atoms with E-state index < -0.39 is 0 Å². The highest BCUT2D eigenvalue weighted by Crippen LogP contribution is 2.24. The highest BCUT2D eigenvalue weighted by atomic mass is 35.5. The Bertz CT molecular complexity index is 493. The average Bonchev–Trinajstić information content (AvgIpc) is 2.72. The van der Waals surface area contributed by atoms with Crippen molar-refractivity contribution in [3.8, 4) is 0 Å². The summed E-state index contributed by atoms with van der Waals surface area (Å²) >= 11 is 6.18. The summed E-state index contributed by atoms with van der Waals surface area (Å²) in [5, 5.41) is 4.93. The third kappa shape index (κ3) is 2.92. The molecule has 0 saturated heterocycles. The summed E-state index contributed by atoms with van der Waals surface area (Å²) in [5.41, 5.74) is 8.40. The molecule has 0 radical (unpaired) electrons. The van der Waals surface area contributed by atoms with Crippen LogP contribution in [-0.2, 0) is 13.0 Å². The zero-order valence-electron chi connectivity index (χ0n) is 10.5. The van der Waals surface area contributed by atoms with Gasteiger partial charge >= 0.3 is 0 Å². The van der Waals surface area contributed by atoms with Crippen molar-refractivity contribution in [3.63, 3.8) is 0 Å². The molecule has 1 aromatic carbocycles. The van der Waals surface area contributed by atoms with E-state index in [1.165, 1.54) is 5.56 Å². The minimum Gasteiger partial charge on any atom is -0.322 e. The Morgan fingerprint density at radius 3 is 2.72 bits per heavy atom. The fraction of sp³-hybridized carbons (Fsp3) is 0.357. The van der Waals surface area contributed by atoms with Crippen LogP contribution in [0.5, 0.6) is 0 Å². The van der Waals surface area contributed by atoms with E-state index in [0.29, 0.717) is 5.02 Å². The third-order valence-corrected chi connectivity index (χ3v) is 3.21. The molecule has 2 aromatic rings. The topological polar surface area (TPSA) is 43.8 Å². The van der Waals surface area contributed by atoms with Gasteiger partial charge in [0.05, 0.1) is 23.0 Å². The number of nitrogens with zero attached hydrogens (tertiary/aromatic N) is 2. The molecule has 0 amide bonds. The SMILES string of the molecule is CCCn1ncc(Cl)c1C(N)Cc1ccccc1. The van der Waals surface area contributed by atoms with Gasteiger partial charge in [-0.25, -0.2) is 0 Å². The molecular formula is C14H18ClN3. The number of aryl methyl sites for hydroxylation is 1. The maximum atomic E-state index is 6.26. The highest BCUT2D eigenvalue weighted by Gasteiger charge is 2.16. The quantitative estimate of drug-likeness (QED) is 0.900. The fourth-order valence-electron chi connectivity index (χ4n) is 2.10. The van der Waals surface area contributed by atoms with E-state index in [1.54, 1.807) is 6.20 Å². The molecule has 1 aromatic heterocycles. The standard InChI is InChI=1S/C14H18ClN3/c1-2-8-18-14(12(15)10-17-18)13(16)9-11-6-4-3-5-7-11/h3-7,10,13H,2,8-9,16H2,1H3. The molecule has 0 aliphatic heterocycles. The maximum Gasteiger partial charge on any atom is 0.0834 e. The highest BCUT2D eigenvalue weighted by molar-refractivity contribution is 6.31. The Kier molecular flexibility index (Phi) is 4.39. The molecule has 4 heteroatoms. The van der Waals surface area contributed by atoms with E-state index in [9.17, 15) is 0 Å². The molecule has 96 valence electrons. The van der Waals surface area contributed by atoms with Gasteiger partial charge < -0.3 is 5.73 Å². The van der Waals surface area contributed by atoms with E-state index >= 15 is 0 Å². The molecule has 1 heterocycles. The molecule has 0 saturated carbocycles. The van der Waals surface area contributed by atoms with Crippen molar-refractivity contribution in [2.24, 2.45) is 5.73 Å². The Labute approximate surface area is 113 Å². The number of rotatable bonds is 5. The summed E-state index contributed by atoms with van der Waals surface area (Å²) in [4.78, 5) is 0. The molecule has 18 heavy (non-hydrogen) atoms. The smallest absolute Gasteiger partial charge is 0.0834 e. The van der Waals surface area contributed by atoms with Crippen LogP contribution in [0.25, 0.3) is 0 Å². The number of benzene rings is 1. The summed E-state index contributed by atoms with van der Waals surface area (Å²) in [5.74, 6) is 0. The molecule has 0 bridgehead atoms. The second kappa shape index (κ2) is 6.03. The number of nitrogens with two attached hydrogens (primary N) is 1. The summed E-state index contributed by atoms with van der Waals surface area (Å²) < 4.78 is 1.91. The molecule has 0 fully saturated rings. The first-order chi connectivity index (χ1) is 8.72. The van der Waals surface area contributed by atoms with Crippen molar-refractivity contribution < 1.29 is 0 Å².